The normalized spacial score (nSPS) is 13.7. The number of thioether (sulfide) groups is 1. The summed E-state index contributed by atoms with van der Waals surface area (Å²) < 4.78 is -0.398. The molecule has 0 aromatic heterocycles. The molecule has 3 rings (SSSR count). The van der Waals surface area contributed by atoms with Crippen LogP contribution < -0.4 is 5.32 Å². The van der Waals surface area contributed by atoms with Gasteiger partial charge in [0.15, 0.2) is 0 Å². The van der Waals surface area contributed by atoms with Crippen LogP contribution in [0.4, 0.5) is 0 Å². The summed E-state index contributed by atoms with van der Waals surface area (Å²) in [4.78, 5) is 11.7. The van der Waals surface area contributed by atoms with Gasteiger partial charge >= 0.3 is 0 Å². The van der Waals surface area contributed by atoms with Crippen molar-refractivity contribution in [2.24, 2.45) is 0 Å². The molecule has 1 N–H and O–H groups in total. The van der Waals surface area contributed by atoms with E-state index in [1.54, 1.807) is 11.8 Å². The summed E-state index contributed by atoms with van der Waals surface area (Å²) in [6.07, 6.45) is 1.01. The largest absolute Gasteiger partial charge is 0.308 e. The highest BCUT2D eigenvalue weighted by molar-refractivity contribution is 8.00. The number of hydrogen-bond donors (Lipinski definition) is 1. The molecule has 0 radical (unpaired) electrons. The lowest BCUT2D eigenvalue weighted by molar-refractivity contribution is -0.111. The molecule has 2 nitrogen and oxygen atoms in total. The molecule has 0 unspecified atom stereocenters. The number of benzene rings is 3. The Hall–Kier alpha value is -2.36. The van der Waals surface area contributed by atoms with Crippen LogP contribution in [-0.4, -0.2) is 24.6 Å². The number of carbonyl (C=O) groups is 1. The molecule has 3 aromatic carbocycles. The summed E-state index contributed by atoms with van der Waals surface area (Å²) in [6.45, 7) is 1.94. The number of aldehydes is 1. The molecular weight excluding hydrogens is 350 g/mol. The Labute approximate surface area is 166 Å². The van der Waals surface area contributed by atoms with E-state index < -0.39 is 10.3 Å². The number of nitrogens with one attached hydrogen (secondary N) is 1. The van der Waals surface area contributed by atoms with E-state index >= 15 is 0 Å². The lowest BCUT2D eigenvalue weighted by Crippen LogP contribution is -2.45. The average Bonchev–Trinajstić information content (AvgIpc) is 2.76. The zero-order chi connectivity index (χ0) is 19.2. The third-order valence-electron chi connectivity index (χ3n) is 4.96. The maximum Gasteiger partial charge on any atom is 0.140 e. The van der Waals surface area contributed by atoms with E-state index in [4.69, 9.17) is 0 Å². The van der Waals surface area contributed by atoms with Crippen LogP contribution in [0.1, 0.15) is 23.6 Å². The van der Waals surface area contributed by atoms with Gasteiger partial charge < -0.3 is 10.1 Å². The second-order valence-electron chi connectivity index (χ2n) is 6.85. The molecule has 0 fully saturated rings. The van der Waals surface area contributed by atoms with Crippen LogP contribution in [0.15, 0.2) is 91.0 Å². The molecule has 3 aromatic rings. The summed E-state index contributed by atoms with van der Waals surface area (Å²) in [5.74, 6) is 0.645. The predicted molar refractivity (Wildman–Crippen MR) is 115 cm³/mol. The number of hydrogen-bond acceptors (Lipinski definition) is 3. The maximum atomic E-state index is 11.7. The van der Waals surface area contributed by atoms with E-state index in [0.717, 1.165) is 6.29 Å². The zero-order valence-corrected chi connectivity index (χ0v) is 16.6. The first-order valence-corrected chi connectivity index (χ1v) is 10.1. The van der Waals surface area contributed by atoms with Crippen molar-refractivity contribution in [2.45, 2.75) is 17.2 Å². The smallest absolute Gasteiger partial charge is 0.140 e. The van der Waals surface area contributed by atoms with E-state index in [1.165, 1.54) is 16.7 Å². The minimum Gasteiger partial charge on any atom is -0.308 e. The first-order valence-electron chi connectivity index (χ1n) is 9.10. The van der Waals surface area contributed by atoms with Gasteiger partial charge in [-0.15, -0.1) is 11.8 Å². The minimum absolute atomic E-state index is 0.398. The molecule has 0 bridgehead atoms. The van der Waals surface area contributed by atoms with Crippen molar-refractivity contribution in [3.63, 3.8) is 0 Å². The van der Waals surface area contributed by atoms with Crippen LogP contribution in [0.5, 0.6) is 0 Å². The van der Waals surface area contributed by atoms with E-state index in [-0.39, 0.29) is 0 Å². The van der Waals surface area contributed by atoms with E-state index in [9.17, 15) is 4.79 Å². The van der Waals surface area contributed by atoms with Gasteiger partial charge in [0, 0.05) is 5.75 Å². The third-order valence-corrected chi connectivity index (χ3v) is 6.84. The average molecular weight is 376 g/mol. The molecule has 0 aliphatic heterocycles. The monoisotopic (exact) mass is 375 g/mol. The molecule has 138 valence electrons. The van der Waals surface area contributed by atoms with Gasteiger partial charge in [-0.05, 0) is 30.7 Å². The van der Waals surface area contributed by atoms with Crippen molar-refractivity contribution >= 4 is 18.0 Å². The SMILES string of the molecule is CN[C@](C)(C=O)CSC(c1ccccc1)(c1ccccc1)c1ccccc1. The highest BCUT2D eigenvalue weighted by atomic mass is 32.2. The lowest BCUT2D eigenvalue weighted by atomic mass is 9.84. The van der Waals surface area contributed by atoms with Gasteiger partial charge in [0.25, 0.3) is 0 Å². The topological polar surface area (TPSA) is 29.1 Å². The summed E-state index contributed by atoms with van der Waals surface area (Å²) in [5, 5.41) is 3.17. The van der Waals surface area contributed by atoms with Gasteiger partial charge in [0.1, 0.15) is 6.29 Å². The van der Waals surface area contributed by atoms with Crippen LogP contribution in [0.25, 0.3) is 0 Å². The van der Waals surface area contributed by atoms with Gasteiger partial charge in [-0.3, -0.25) is 0 Å². The third kappa shape index (κ3) is 4.00. The molecule has 0 heterocycles. The first-order chi connectivity index (χ1) is 13.1. The van der Waals surface area contributed by atoms with Crippen LogP contribution in [0.3, 0.4) is 0 Å². The van der Waals surface area contributed by atoms with E-state index in [1.807, 2.05) is 32.2 Å². The molecule has 0 amide bonds. The summed E-state index contributed by atoms with van der Waals surface area (Å²) in [6, 6.07) is 31.6. The van der Waals surface area contributed by atoms with Crippen molar-refractivity contribution in [1.82, 2.24) is 5.32 Å². The Bertz CT molecular complexity index is 755. The molecule has 0 spiro atoms. The summed E-state index contributed by atoms with van der Waals surface area (Å²) in [5.41, 5.74) is 3.03. The van der Waals surface area contributed by atoms with Crippen LogP contribution in [0.2, 0.25) is 0 Å². The van der Waals surface area contributed by atoms with Gasteiger partial charge in [-0.1, -0.05) is 91.0 Å². The Morgan fingerprint density at radius 1 is 0.778 bits per heavy atom. The van der Waals surface area contributed by atoms with Crippen LogP contribution >= 0.6 is 11.8 Å². The molecular formula is C24H25NOS. The molecule has 27 heavy (non-hydrogen) atoms. The lowest BCUT2D eigenvalue weighted by Gasteiger charge is -2.37. The van der Waals surface area contributed by atoms with Crippen molar-refractivity contribution in [1.29, 1.82) is 0 Å². The summed E-state index contributed by atoms with van der Waals surface area (Å²) in [7, 11) is 1.84. The minimum atomic E-state index is -0.589. The fourth-order valence-electron chi connectivity index (χ4n) is 3.19. The Morgan fingerprint density at radius 3 is 1.44 bits per heavy atom. The molecule has 0 saturated carbocycles. The van der Waals surface area contributed by atoms with Gasteiger partial charge in [0.2, 0.25) is 0 Å². The second kappa shape index (κ2) is 8.55. The summed E-state index contributed by atoms with van der Waals surface area (Å²) >= 11 is 1.79. The number of carbonyl (C=O) groups excluding carboxylic acids is 1. The quantitative estimate of drug-likeness (QED) is 0.449. The first kappa shape index (κ1) is 19.4. The zero-order valence-electron chi connectivity index (χ0n) is 15.8. The van der Waals surface area contributed by atoms with Crippen LogP contribution in [0, 0.1) is 0 Å². The Morgan fingerprint density at radius 2 is 1.15 bits per heavy atom. The fraction of sp³-hybridized carbons (Fsp3) is 0.208. The predicted octanol–water partition coefficient (Wildman–Crippen LogP) is 4.89. The van der Waals surface area contributed by atoms with Crippen molar-refractivity contribution < 1.29 is 4.79 Å². The highest BCUT2D eigenvalue weighted by Crippen LogP contribution is 2.49. The van der Waals surface area contributed by atoms with Gasteiger partial charge in [-0.25, -0.2) is 0 Å². The maximum absolute atomic E-state index is 11.7. The van der Waals surface area contributed by atoms with E-state index in [0.29, 0.717) is 5.75 Å². The highest BCUT2D eigenvalue weighted by Gasteiger charge is 2.39. The van der Waals surface area contributed by atoms with Crippen molar-refractivity contribution in [3.05, 3.63) is 108 Å². The van der Waals surface area contributed by atoms with E-state index in [2.05, 4.69) is 78.1 Å². The molecule has 0 aliphatic carbocycles. The van der Waals surface area contributed by atoms with Crippen molar-refractivity contribution in [3.8, 4) is 0 Å². The number of rotatable bonds is 8. The van der Waals surface area contributed by atoms with Gasteiger partial charge in [0.05, 0.1) is 10.3 Å². The molecule has 0 aliphatic rings. The van der Waals surface area contributed by atoms with Crippen molar-refractivity contribution in [2.75, 3.05) is 12.8 Å². The van der Waals surface area contributed by atoms with Gasteiger partial charge in [-0.2, -0.15) is 0 Å². The fourth-order valence-corrected chi connectivity index (χ4v) is 4.83. The van der Waals surface area contributed by atoms with Crippen LogP contribution in [-0.2, 0) is 9.54 Å². The Kier molecular flexibility index (Phi) is 6.15. The Balaban J connectivity index is 2.21. The standard InChI is InChI=1S/C24H25NOS/c1-23(18-26,25-2)19-27-24(20-12-6-3-7-13-20,21-14-8-4-9-15-21)22-16-10-5-11-17-22/h3-18,25H,19H2,1-2H3/t23-/m1/s1. The molecule has 3 heteroatoms. The molecule has 1 atom stereocenters. The second-order valence-corrected chi connectivity index (χ2v) is 8.04. The number of likely N-dealkylation sites (N-methyl/N-ethyl adjacent to an activating group) is 1. The molecule has 0 saturated heterocycles.